The largest absolute Gasteiger partial charge is 0.523 e. The molecule has 0 spiro atoms. The van der Waals surface area contributed by atoms with Gasteiger partial charge in [-0.25, -0.2) is 0 Å². The van der Waals surface area contributed by atoms with Gasteiger partial charge < -0.3 is 9.47 Å². The first-order valence-electron chi connectivity index (χ1n) is 8.94. The average Bonchev–Trinajstić information content (AvgIpc) is 2.54. The van der Waals surface area contributed by atoms with Gasteiger partial charge in [0.05, 0.1) is 12.7 Å². The van der Waals surface area contributed by atoms with E-state index in [4.69, 9.17) is 9.47 Å². The van der Waals surface area contributed by atoms with Crippen LogP contribution in [0.5, 0.6) is 0 Å². The van der Waals surface area contributed by atoms with E-state index in [2.05, 4.69) is 11.1 Å². The molecule has 154 valence electrons. The maximum Gasteiger partial charge on any atom is 0.523 e. The predicted octanol–water partition coefficient (Wildman–Crippen LogP) is 4.19. The van der Waals surface area contributed by atoms with Gasteiger partial charge in [0.15, 0.2) is 0 Å². The predicted molar refractivity (Wildman–Crippen MR) is 92.1 cm³/mol. The maximum atomic E-state index is 12.7. The van der Waals surface area contributed by atoms with Crippen molar-refractivity contribution < 1.29 is 35.2 Å². The number of hydrogen-bond acceptors (Lipinski definition) is 5. The van der Waals surface area contributed by atoms with E-state index in [1.165, 1.54) is 13.5 Å². The van der Waals surface area contributed by atoms with E-state index in [1.54, 1.807) is 19.1 Å². The SMILES string of the molecule is CCCCCCC/C=C/[C@@H]1OC[C@H](C)[C@H](OC)[C@@H]1OS(=O)(=O)C(F)(F)F. The van der Waals surface area contributed by atoms with E-state index >= 15 is 0 Å². The Hall–Kier alpha value is -0.640. The maximum absolute atomic E-state index is 12.7. The second kappa shape index (κ2) is 10.6. The molecule has 1 rings (SSSR count). The Morgan fingerprint density at radius 1 is 1.15 bits per heavy atom. The Bertz CT molecular complexity index is 533. The summed E-state index contributed by atoms with van der Waals surface area (Å²) in [4.78, 5) is 0. The minimum absolute atomic E-state index is 0.246. The summed E-state index contributed by atoms with van der Waals surface area (Å²) in [5.74, 6) is -0.299. The van der Waals surface area contributed by atoms with Gasteiger partial charge in [0.25, 0.3) is 0 Å². The van der Waals surface area contributed by atoms with Crippen LogP contribution in [0.3, 0.4) is 0 Å². The van der Waals surface area contributed by atoms with Crippen LogP contribution in [-0.2, 0) is 23.8 Å². The van der Waals surface area contributed by atoms with Crippen molar-refractivity contribution in [2.45, 2.75) is 76.2 Å². The van der Waals surface area contributed by atoms with Gasteiger partial charge in [0.2, 0.25) is 0 Å². The summed E-state index contributed by atoms with van der Waals surface area (Å²) in [5.41, 5.74) is -5.49. The molecule has 0 aliphatic carbocycles. The van der Waals surface area contributed by atoms with Crippen LogP contribution in [0.15, 0.2) is 12.2 Å². The Morgan fingerprint density at radius 3 is 2.38 bits per heavy atom. The minimum atomic E-state index is -5.74. The van der Waals surface area contributed by atoms with Crippen molar-refractivity contribution in [3.63, 3.8) is 0 Å². The average molecular weight is 402 g/mol. The van der Waals surface area contributed by atoms with Gasteiger partial charge in [0, 0.05) is 13.0 Å². The molecule has 4 atom stereocenters. The molecule has 0 N–H and O–H groups in total. The van der Waals surface area contributed by atoms with Crippen LogP contribution in [0, 0.1) is 5.92 Å². The Kier molecular flexibility index (Phi) is 9.57. The first-order valence-corrected chi connectivity index (χ1v) is 10.4. The van der Waals surface area contributed by atoms with Crippen molar-refractivity contribution in [1.29, 1.82) is 0 Å². The zero-order valence-electron chi connectivity index (χ0n) is 15.5. The lowest BCUT2D eigenvalue weighted by atomic mass is 9.93. The summed E-state index contributed by atoms with van der Waals surface area (Å²) in [6, 6.07) is 0. The van der Waals surface area contributed by atoms with Gasteiger partial charge in [-0.15, -0.1) is 0 Å². The lowest BCUT2D eigenvalue weighted by molar-refractivity contribution is -0.150. The molecule has 0 aromatic rings. The number of halogens is 3. The first-order chi connectivity index (χ1) is 12.1. The monoisotopic (exact) mass is 402 g/mol. The highest BCUT2D eigenvalue weighted by Gasteiger charge is 2.52. The second-order valence-corrected chi connectivity index (χ2v) is 8.13. The molecule has 1 saturated heterocycles. The van der Waals surface area contributed by atoms with E-state index in [-0.39, 0.29) is 12.5 Å². The molecule has 0 aromatic carbocycles. The smallest absolute Gasteiger partial charge is 0.378 e. The van der Waals surface area contributed by atoms with Crippen LogP contribution in [-0.4, -0.2) is 46.0 Å². The van der Waals surface area contributed by atoms with E-state index in [1.807, 2.05) is 0 Å². The van der Waals surface area contributed by atoms with Crippen molar-refractivity contribution in [1.82, 2.24) is 0 Å². The number of ether oxygens (including phenoxy) is 2. The number of unbranched alkanes of at least 4 members (excludes halogenated alkanes) is 5. The second-order valence-electron chi connectivity index (χ2n) is 6.57. The van der Waals surface area contributed by atoms with Gasteiger partial charge in [-0.2, -0.15) is 21.6 Å². The lowest BCUT2D eigenvalue weighted by Gasteiger charge is -2.39. The quantitative estimate of drug-likeness (QED) is 0.237. The van der Waals surface area contributed by atoms with Crippen LogP contribution in [0.2, 0.25) is 0 Å². The summed E-state index contributed by atoms with van der Waals surface area (Å²) in [6.07, 6.45) is 6.51. The molecule has 5 nitrogen and oxygen atoms in total. The Morgan fingerprint density at radius 2 is 1.81 bits per heavy atom. The highest BCUT2D eigenvalue weighted by Crippen LogP contribution is 2.32. The molecule has 0 radical (unpaired) electrons. The van der Waals surface area contributed by atoms with Crippen molar-refractivity contribution >= 4 is 10.1 Å². The third-order valence-electron chi connectivity index (χ3n) is 4.35. The summed E-state index contributed by atoms with van der Waals surface area (Å²) in [5, 5.41) is 0. The van der Waals surface area contributed by atoms with Crippen LogP contribution in [0.1, 0.15) is 52.4 Å². The van der Waals surface area contributed by atoms with Gasteiger partial charge in [-0.1, -0.05) is 51.7 Å². The number of rotatable bonds is 10. The van der Waals surface area contributed by atoms with E-state index in [0.717, 1.165) is 32.1 Å². The zero-order valence-corrected chi connectivity index (χ0v) is 16.3. The fourth-order valence-corrected chi connectivity index (χ4v) is 3.52. The molecule has 1 aliphatic heterocycles. The van der Waals surface area contributed by atoms with Crippen LogP contribution in [0.4, 0.5) is 13.2 Å². The first kappa shape index (κ1) is 23.4. The number of hydrogen-bond donors (Lipinski definition) is 0. The molecular formula is C17H29F3O5S. The summed E-state index contributed by atoms with van der Waals surface area (Å²) in [7, 11) is -4.42. The van der Waals surface area contributed by atoms with Crippen molar-refractivity contribution in [2.24, 2.45) is 5.92 Å². The third kappa shape index (κ3) is 6.83. The standard InChI is InChI=1S/C17H29F3O5S/c1-4-5-6-7-8-9-10-11-14-16(15(23-3)13(2)12-24-14)25-26(21,22)17(18,19)20/h10-11,13-16H,4-9,12H2,1-3H3/b11-10+/t13-,14-,15-,16+/m0/s1. The summed E-state index contributed by atoms with van der Waals surface area (Å²) >= 11 is 0. The highest BCUT2D eigenvalue weighted by molar-refractivity contribution is 7.87. The van der Waals surface area contributed by atoms with Gasteiger partial charge >= 0.3 is 15.6 Å². The molecule has 1 fully saturated rings. The Labute approximate surface area is 154 Å². The molecule has 9 heteroatoms. The summed E-state index contributed by atoms with van der Waals surface area (Å²) in [6.45, 7) is 4.08. The third-order valence-corrected chi connectivity index (χ3v) is 5.40. The zero-order chi connectivity index (χ0) is 19.8. The molecule has 1 heterocycles. The van der Waals surface area contributed by atoms with E-state index < -0.39 is 33.9 Å². The molecule has 0 amide bonds. The molecule has 0 saturated carbocycles. The number of methoxy groups -OCH3 is 1. The number of alkyl halides is 3. The molecule has 26 heavy (non-hydrogen) atoms. The lowest BCUT2D eigenvalue weighted by Crippen LogP contribution is -2.52. The molecule has 0 aromatic heterocycles. The van der Waals surface area contributed by atoms with Gasteiger partial charge in [0.1, 0.15) is 12.2 Å². The normalized spacial score (nSPS) is 27.9. The van der Waals surface area contributed by atoms with E-state index in [9.17, 15) is 21.6 Å². The van der Waals surface area contributed by atoms with Gasteiger partial charge in [-0.05, 0) is 12.8 Å². The molecule has 0 bridgehead atoms. The van der Waals surface area contributed by atoms with Crippen molar-refractivity contribution in [3.8, 4) is 0 Å². The topological polar surface area (TPSA) is 61.8 Å². The fourth-order valence-electron chi connectivity index (χ4n) is 2.90. The van der Waals surface area contributed by atoms with Crippen molar-refractivity contribution in [2.75, 3.05) is 13.7 Å². The summed E-state index contributed by atoms with van der Waals surface area (Å²) < 4.78 is 76.1. The van der Waals surface area contributed by atoms with Crippen molar-refractivity contribution in [3.05, 3.63) is 12.2 Å². The van der Waals surface area contributed by atoms with Crippen LogP contribution >= 0.6 is 0 Å². The molecular weight excluding hydrogens is 373 g/mol. The van der Waals surface area contributed by atoms with Gasteiger partial charge in [-0.3, -0.25) is 4.18 Å². The molecule has 1 aliphatic rings. The number of allylic oxidation sites excluding steroid dienone is 1. The fraction of sp³-hybridized carbons (Fsp3) is 0.882. The van der Waals surface area contributed by atoms with Crippen LogP contribution < -0.4 is 0 Å². The molecule has 0 unspecified atom stereocenters. The van der Waals surface area contributed by atoms with E-state index in [0.29, 0.717) is 0 Å². The highest BCUT2D eigenvalue weighted by atomic mass is 32.2. The van der Waals surface area contributed by atoms with Crippen LogP contribution in [0.25, 0.3) is 0 Å². The minimum Gasteiger partial charge on any atom is -0.378 e. The Balaban J connectivity index is 2.77.